The summed E-state index contributed by atoms with van der Waals surface area (Å²) in [6.45, 7) is 21.5. The molecular weight excluding hydrogens is 1470 g/mol. The molecule has 0 bridgehead atoms. The number of carboxylic acids is 5. The predicted octanol–water partition coefficient (Wildman–Crippen LogP) is 19.3. The number of nitrogens with zero attached hydrogens (tertiary/aromatic N) is 7. The van der Waals surface area contributed by atoms with E-state index in [2.05, 4.69) is 109 Å². The smallest absolute Gasteiger partial charge is 0.335 e. The highest BCUT2D eigenvalue weighted by atomic mass is 16.5. The summed E-state index contributed by atoms with van der Waals surface area (Å²) in [6.07, 6.45) is 0.769. The van der Waals surface area contributed by atoms with E-state index in [4.69, 9.17) is 29.5 Å². The lowest BCUT2D eigenvalue weighted by atomic mass is 9.93. The fraction of sp³-hybridized carbons (Fsp3) is 0.204. The third-order valence-electron chi connectivity index (χ3n) is 20.2. The number of hydrogen-bond donors (Lipinski definition) is 9. The second-order valence-corrected chi connectivity index (χ2v) is 27.5. The number of aromatic amines is 2. The topological polar surface area (TPSA) is 330 Å². The van der Waals surface area contributed by atoms with Crippen LogP contribution < -0.4 is 24.2 Å². The van der Waals surface area contributed by atoms with E-state index < -0.39 is 29.8 Å². The van der Waals surface area contributed by atoms with Crippen LogP contribution in [0.1, 0.15) is 106 Å². The maximum atomic E-state index is 11.8. The number of nitrogens with one attached hydrogen (secondary N) is 2. The van der Waals surface area contributed by atoms with E-state index in [1.54, 1.807) is 97.1 Å². The Bertz CT molecular complexity index is 5510. The number of hydrogen-bond acceptors (Lipinski definition) is 15. The number of aromatic nitrogens is 6. The molecule has 9 N–H and O–H groups in total. The number of methoxy groups -OCH3 is 2. The zero-order chi connectivity index (χ0) is 83.2. The van der Waals surface area contributed by atoms with Crippen molar-refractivity contribution in [3.8, 4) is 136 Å². The Morgan fingerprint density at radius 3 is 1.16 bits per heavy atom. The summed E-state index contributed by atoms with van der Waals surface area (Å²) in [4.78, 5) is 85.4. The van der Waals surface area contributed by atoms with Crippen LogP contribution in [0.4, 0.5) is 17.1 Å². The first-order chi connectivity index (χ1) is 55.8. The molecule has 10 aromatic carbocycles. The summed E-state index contributed by atoms with van der Waals surface area (Å²) in [5.74, 6) is -2.60. The van der Waals surface area contributed by atoms with Crippen molar-refractivity contribution in [3.05, 3.63) is 251 Å². The quantitative estimate of drug-likeness (QED) is 0.0220. The first-order valence-corrected chi connectivity index (χ1v) is 38.1. The van der Waals surface area contributed by atoms with Gasteiger partial charge in [-0.2, -0.15) is 0 Å². The van der Waals surface area contributed by atoms with Gasteiger partial charge in [0.2, 0.25) is 5.75 Å². The molecule has 13 aromatic rings. The number of imidazole rings is 3. The number of benzene rings is 10. The molecular formula is C93H93N9O14. The summed E-state index contributed by atoms with van der Waals surface area (Å²) in [5.41, 5.74) is 19.6. The Morgan fingerprint density at radius 1 is 0.397 bits per heavy atom. The number of carboxylic acid groups (broad SMARTS) is 5. The minimum Gasteiger partial charge on any atom is -0.507 e. The molecule has 0 fully saturated rings. The molecule has 0 aliphatic rings. The molecule has 0 aliphatic heterocycles. The number of aryl methyl sites for hydroxylation is 3. The summed E-state index contributed by atoms with van der Waals surface area (Å²) in [5, 5.41) is 68.7. The van der Waals surface area contributed by atoms with Gasteiger partial charge in [0.1, 0.15) is 23.2 Å². The van der Waals surface area contributed by atoms with Crippen molar-refractivity contribution in [3.63, 3.8) is 0 Å². The molecule has 23 heteroatoms. The van der Waals surface area contributed by atoms with Crippen LogP contribution in [0.2, 0.25) is 0 Å². The second kappa shape index (κ2) is 37.0. The lowest BCUT2D eigenvalue weighted by molar-refractivity contribution is -0.136. The van der Waals surface area contributed by atoms with Gasteiger partial charge >= 0.3 is 29.8 Å². The van der Waals surface area contributed by atoms with Crippen molar-refractivity contribution < 1.29 is 69.2 Å². The van der Waals surface area contributed by atoms with Gasteiger partial charge in [-0.05, 0) is 187 Å². The average molecular weight is 1560 g/mol. The molecule has 13 rings (SSSR count). The number of anilines is 3. The van der Waals surface area contributed by atoms with E-state index in [1.165, 1.54) is 38.5 Å². The zero-order valence-corrected chi connectivity index (χ0v) is 66.5. The molecule has 3 aromatic heterocycles. The van der Waals surface area contributed by atoms with Gasteiger partial charge < -0.3 is 74.5 Å². The van der Waals surface area contributed by atoms with Crippen LogP contribution in [0, 0.1) is 13.8 Å². The number of phenolic OH excluding ortho intramolecular Hbond substituents is 2. The minimum atomic E-state index is -1.08. The van der Waals surface area contributed by atoms with E-state index in [-0.39, 0.29) is 51.7 Å². The maximum Gasteiger partial charge on any atom is 0.335 e. The molecule has 0 aliphatic carbocycles. The Hall–Kier alpha value is -14.2. The summed E-state index contributed by atoms with van der Waals surface area (Å²) in [7, 11) is 4.94. The van der Waals surface area contributed by atoms with Crippen LogP contribution in [-0.4, -0.2) is 149 Å². The molecule has 594 valence electrons. The minimum absolute atomic E-state index is 0.0725. The van der Waals surface area contributed by atoms with Gasteiger partial charge in [0.15, 0.2) is 11.5 Å². The third-order valence-corrected chi connectivity index (χ3v) is 20.2. The van der Waals surface area contributed by atoms with Gasteiger partial charge in [0, 0.05) is 119 Å². The molecule has 0 radical (unpaired) electrons. The number of H-pyrrole nitrogens is 2. The number of aromatic hydroxyl groups is 2. The van der Waals surface area contributed by atoms with Crippen LogP contribution in [0.3, 0.4) is 0 Å². The third kappa shape index (κ3) is 18.6. The van der Waals surface area contributed by atoms with E-state index in [0.717, 1.165) is 116 Å². The fourth-order valence-electron chi connectivity index (χ4n) is 14.2. The van der Waals surface area contributed by atoms with Crippen molar-refractivity contribution in [1.29, 1.82) is 0 Å². The van der Waals surface area contributed by atoms with Crippen LogP contribution in [0.5, 0.6) is 23.0 Å². The number of carbonyl (C=O) groups is 5. The van der Waals surface area contributed by atoms with Crippen molar-refractivity contribution >= 4 is 46.9 Å². The molecule has 0 saturated heterocycles. The van der Waals surface area contributed by atoms with Crippen molar-refractivity contribution in [2.24, 2.45) is 7.05 Å². The van der Waals surface area contributed by atoms with Crippen molar-refractivity contribution in [2.75, 3.05) is 68.2 Å². The molecule has 116 heavy (non-hydrogen) atoms. The highest BCUT2D eigenvalue weighted by Gasteiger charge is 2.25. The highest BCUT2D eigenvalue weighted by molar-refractivity contribution is 5.95. The Morgan fingerprint density at radius 2 is 0.776 bits per heavy atom. The van der Waals surface area contributed by atoms with Crippen molar-refractivity contribution in [2.45, 2.75) is 68.2 Å². The summed E-state index contributed by atoms with van der Waals surface area (Å²) < 4.78 is 12.8. The summed E-state index contributed by atoms with van der Waals surface area (Å²) >= 11 is 0. The largest absolute Gasteiger partial charge is 0.507 e. The average Bonchev–Trinajstić information content (AvgIpc) is 1.57. The van der Waals surface area contributed by atoms with Crippen molar-refractivity contribution in [1.82, 2.24) is 29.5 Å². The molecule has 0 spiro atoms. The first kappa shape index (κ1) is 82.7. The monoisotopic (exact) mass is 1560 g/mol. The van der Waals surface area contributed by atoms with Gasteiger partial charge in [-0.15, -0.1) is 0 Å². The highest BCUT2D eigenvalue weighted by Crippen LogP contribution is 2.46. The lowest BCUT2D eigenvalue weighted by Gasteiger charge is -2.22. The van der Waals surface area contributed by atoms with Crippen LogP contribution in [0.15, 0.2) is 212 Å². The molecule has 0 amide bonds. The van der Waals surface area contributed by atoms with Gasteiger partial charge in [0.25, 0.3) is 0 Å². The summed E-state index contributed by atoms with van der Waals surface area (Å²) in [6, 6.07) is 63.9. The van der Waals surface area contributed by atoms with E-state index in [0.29, 0.717) is 76.1 Å². The first-order valence-electron chi connectivity index (χ1n) is 38.1. The molecule has 23 nitrogen and oxygen atoms in total. The normalized spacial score (nSPS) is 10.9. The Kier molecular flexibility index (Phi) is 26.4. The molecule has 3 heterocycles. The van der Waals surface area contributed by atoms with E-state index in [1.807, 2.05) is 73.7 Å². The number of ether oxygens (including phenoxy) is 2. The zero-order valence-electron chi connectivity index (χ0n) is 66.5. The van der Waals surface area contributed by atoms with E-state index >= 15 is 0 Å². The van der Waals surface area contributed by atoms with Gasteiger partial charge in [-0.3, -0.25) is 4.79 Å². The predicted molar refractivity (Wildman–Crippen MR) is 455 cm³/mol. The standard InChI is InChI=1S/C36H35N3O5.C32H38N4O5.C25H20N2O4/c1-5-31-32(22-14-16-28(17-15-22)39(6-2)7-3)38(4)34(37-31)27-20-29(23-10-8-12-25(18-23)35(41)42)33(40)30(21-27)24-11-9-13-26(19-24)36(43)44;1-6-35(7-2)24-13-9-21(10-14-24)29-30(22-11-15-25(16-12-22)36(8-3)18-17-28(37)38)34-32(33-29)23-19-26(40-4)31(39)27(20-23)41-5;1-14-11-15(2)13-20(12-14)23-26-21(16-3-7-18(8-4-16)24(28)29)22(27-23)17-5-9-19(10-6-17)25(30)31/h8-21,40H,5-7H2,1-4H3,(H,41,42)(H,43,44);9-16,19-20,39H,6-8,17-18H2,1-5H3,(H,33,34)(H,37,38);3-13H,1-2H3,(H,26,27)(H,28,29)(H,30,31). The number of aliphatic carboxylic acids is 1. The SMILES string of the molecule is CCN(CC)c1ccc(-c2[nH]c(-c3cc(OC)c(O)c(OC)c3)nc2-c2ccc(N(CC)CCC(=O)O)cc2)cc1.CCc1nc(-c2cc(-c3cccc(C(=O)O)c3)c(O)c(-c3cccc(C(=O)O)c3)c2)n(C)c1-c1ccc(N(CC)CC)cc1.Cc1cc(C)cc(-c2nc(-c3ccc(C(=O)O)cc3)c(-c3ccc(C(=O)O)cc3)[nH]2)c1. The second-order valence-electron chi connectivity index (χ2n) is 27.5. The van der Waals surface area contributed by atoms with Gasteiger partial charge in [0.05, 0.1) is 77.1 Å². The van der Waals surface area contributed by atoms with Gasteiger partial charge in [-0.1, -0.05) is 109 Å². The molecule has 0 atom stereocenters. The Labute approximate surface area is 672 Å². The van der Waals surface area contributed by atoms with E-state index in [9.17, 15) is 54.6 Å². The fourth-order valence-corrected chi connectivity index (χ4v) is 14.2. The van der Waals surface area contributed by atoms with Crippen LogP contribution >= 0.6 is 0 Å². The lowest BCUT2D eigenvalue weighted by Crippen LogP contribution is -2.25. The maximum absolute atomic E-state index is 11.8. The molecule has 0 saturated carbocycles. The molecule has 0 unspecified atom stereocenters. The van der Waals surface area contributed by atoms with Crippen LogP contribution in [0.25, 0.3) is 113 Å². The number of rotatable bonds is 28. The van der Waals surface area contributed by atoms with Gasteiger partial charge in [-0.25, -0.2) is 34.1 Å². The number of phenols is 2. The van der Waals surface area contributed by atoms with Crippen LogP contribution in [-0.2, 0) is 18.3 Å². The number of aromatic carboxylic acids is 4. The Balaban J connectivity index is 0.000000174.